The molecule has 0 amide bonds. The van der Waals surface area contributed by atoms with Crippen molar-refractivity contribution in [3.05, 3.63) is 48.0 Å². The molecule has 0 spiro atoms. The van der Waals surface area contributed by atoms with E-state index in [1.165, 1.54) is 16.8 Å². The number of nitrogens with zero attached hydrogens (tertiary/aromatic N) is 1. The Balaban J connectivity index is 2.04. The van der Waals surface area contributed by atoms with Crippen LogP contribution in [0.1, 0.15) is 5.56 Å². The van der Waals surface area contributed by atoms with Crippen molar-refractivity contribution in [3.8, 4) is 22.8 Å². The lowest BCUT2D eigenvalue weighted by Crippen LogP contribution is -1.94. The van der Waals surface area contributed by atoms with Gasteiger partial charge >= 0.3 is 0 Å². The van der Waals surface area contributed by atoms with Crippen LogP contribution < -0.4 is 9.47 Å². The largest absolute Gasteiger partial charge is 0.497 e. The highest BCUT2D eigenvalue weighted by Gasteiger charge is 2.22. The molecule has 3 heteroatoms. The number of fused-ring (bicyclic) bond motifs is 5. The van der Waals surface area contributed by atoms with Crippen LogP contribution in [0, 0.1) is 0 Å². The van der Waals surface area contributed by atoms with Gasteiger partial charge in [0.2, 0.25) is 0 Å². The van der Waals surface area contributed by atoms with Gasteiger partial charge < -0.3 is 14.0 Å². The Bertz CT molecular complexity index is 817. The van der Waals surface area contributed by atoms with Gasteiger partial charge in [0.15, 0.2) is 0 Å². The third-order valence-electron chi connectivity index (χ3n) is 4.03. The predicted molar refractivity (Wildman–Crippen MR) is 79.6 cm³/mol. The van der Waals surface area contributed by atoms with Crippen LogP contribution in [-0.4, -0.2) is 18.8 Å². The molecule has 0 radical (unpaired) electrons. The van der Waals surface area contributed by atoms with Crippen LogP contribution in [0.4, 0.5) is 0 Å². The third-order valence-corrected chi connectivity index (χ3v) is 4.03. The van der Waals surface area contributed by atoms with E-state index < -0.39 is 0 Å². The normalized spacial score (nSPS) is 12.3. The van der Waals surface area contributed by atoms with Gasteiger partial charge in [0.1, 0.15) is 11.5 Å². The van der Waals surface area contributed by atoms with Crippen molar-refractivity contribution in [2.45, 2.75) is 6.54 Å². The van der Waals surface area contributed by atoms with Gasteiger partial charge in [-0.2, -0.15) is 0 Å². The molecule has 100 valence electrons. The molecule has 0 bridgehead atoms. The summed E-state index contributed by atoms with van der Waals surface area (Å²) in [6.45, 7) is 0.908. The molecule has 0 saturated carbocycles. The standard InChI is InChI=1S/C17H15NO2/c1-19-12-7-15-14(17(8-12)20-2)9-16-13-6-4-3-5-11(13)10-18(15)16/h3-9H,10H2,1-2H3. The molecule has 0 aliphatic carbocycles. The maximum Gasteiger partial charge on any atom is 0.131 e. The van der Waals surface area contributed by atoms with Gasteiger partial charge in [-0.3, -0.25) is 0 Å². The van der Waals surface area contributed by atoms with Gasteiger partial charge in [-0.05, 0) is 11.6 Å². The summed E-state index contributed by atoms with van der Waals surface area (Å²) >= 11 is 0. The molecule has 1 aromatic heterocycles. The van der Waals surface area contributed by atoms with Gasteiger partial charge in [-0.15, -0.1) is 0 Å². The molecule has 4 rings (SSSR count). The molecular formula is C17H15NO2. The van der Waals surface area contributed by atoms with Crippen LogP contribution >= 0.6 is 0 Å². The number of benzene rings is 2. The minimum absolute atomic E-state index is 0.825. The zero-order valence-corrected chi connectivity index (χ0v) is 11.5. The maximum atomic E-state index is 5.50. The Morgan fingerprint density at radius 1 is 1.00 bits per heavy atom. The minimum Gasteiger partial charge on any atom is -0.497 e. The van der Waals surface area contributed by atoms with Crippen molar-refractivity contribution >= 4 is 10.9 Å². The molecular weight excluding hydrogens is 250 g/mol. The zero-order valence-electron chi connectivity index (χ0n) is 11.5. The van der Waals surface area contributed by atoms with Crippen LogP contribution in [0.2, 0.25) is 0 Å². The second kappa shape index (κ2) is 4.04. The Hall–Kier alpha value is -2.42. The highest BCUT2D eigenvalue weighted by molar-refractivity contribution is 5.94. The number of hydrogen-bond acceptors (Lipinski definition) is 2. The van der Waals surface area contributed by atoms with Crippen molar-refractivity contribution in [1.82, 2.24) is 4.57 Å². The first-order chi connectivity index (χ1) is 9.81. The number of aromatic nitrogens is 1. The van der Waals surface area contributed by atoms with Crippen LogP contribution in [0.15, 0.2) is 42.5 Å². The Kier molecular flexibility index (Phi) is 2.30. The number of hydrogen-bond donors (Lipinski definition) is 0. The lowest BCUT2D eigenvalue weighted by molar-refractivity contribution is 0.398. The fourth-order valence-electron chi connectivity index (χ4n) is 3.06. The molecule has 0 unspecified atom stereocenters. The number of rotatable bonds is 2. The first-order valence-electron chi connectivity index (χ1n) is 6.65. The van der Waals surface area contributed by atoms with Crippen LogP contribution in [0.5, 0.6) is 11.5 Å². The van der Waals surface area contributed by atoms with Crippen LogP contribution in [0.3, 0.4) is 0 Å². The van der Waals surface area contributed by atoms with E-state index in [0.717, 1.165) is 28.9 Å². The quantitative estimate of drug-likeness (QED) is 0.552. The average molecular weight is 265 g/mol. The third kappa shape index (κ3) is 1.40. The van der Waals surface area contributed by atoms with Crippen LogP contribution in [0.25, 0.3) is 22.2 Å². The number of ether oxygens (including phenoxy) is 2. The summed E-state index contributed by atoms with van der Waals surface area (Å²) in [4.78, 5) is 0. The molecule has 0 saturated heterocycles. The van der Waals surface area contributed by atoms with Crippen molar-refractivity contribution < 1.29 is 9.47 Å². The molecule has 0 fully saturated rings. The van der Waals surface area contributed by atoms with Gasteiger partial charge in [-0.1, -0.05) is 24.3 Å². The first kappa shape index (κ1) is 11.4. The van der Waals surface area contributed by atoms with Gasteiger partial charge in [0.25, 0.3) is 0 Å². The van der Waals surface area contributed by atoms with E-state index in [-0.39, 0.29) is 0 Å². The monoisotopic (exact) mass is 265 g/mol. The lowest BCUT2D eigenvalue weighted by atomic mass is 10.1. The van der Waals surface area contributed by atoms with E-state index in [1.54, 1.807) is 14.2 Å². The molecule has 2 heterocycles. The summed E-state index contributed by atoms with van der Waals surface area (Å²) in [5.74, 6) is 1.69. The Labute approximate surface area is 117 Å². The second-order valence-electron chi connectivity index (χ2n) is 5.04. The van der Waals surface area contributed by atoms with E-state index >= 15 is 0 Å². The summed E-state index contributed by atoms with van der Waals surface area (Å²) < 4.78 is 13.2. The fourth-order valence-corrected chi connectivity index (χ4v) is 3.06. The summed E-state index contributed by atoms with van der Waals surface area (Å²) in [6.07, 6.45) is 0. The van der Waals surface area contributed by atoms with Crippen molar-refractivity contribution in [2.24, 2.45) is 0 Å². The molecule has 3 nitrogen and oxygen atoms in total. The smallest absolute Gasteiger partial charge is 0.131 e. The zero-order chi connectivity index (χ0) is 13.7. The summed E-state index contributed by atoms with van der Waals surface area (Å²) in [6, 6.07) is 14.8. The molecule has 2 aromatic carbocycles. The van der Waals surface area contributed by atoms with Crippen molar-refractivity contribution in [3.63, 3.8) is 0 Å². The summed E-state index contributed by atoms with van der Waals surface area (Å²) in [5.41, 5.74) is 5.09. The first-order valence-corrected chi connectivity index (χ1v) is 6.65. The van der Waals surface area contributed by atoms with Crippen molar-refractivity contribution in [2.75, 3.05) is 14.2 Å². The summed E-state index contributed by atoms with van der Waals surface area (Å²) in [5, 5.41) is 1.14. The van der Waals surface area contributed by atoms with Gasteiger partial charge in [-0.25, -0.2) is 0 Å². The SMILES string of the molecule is COc1cc(OC)c2cc3n(c2c1)Cc1ccccc1-3. The fraction of sp³-hybridized carbons (Fsp3) is 0.176. The highest BCUT2D eigenvalue weighted by atomic mass is 16.5. The highest BCUT2D eigenvalue weighted by Crippen LogP contribution is 2.41. The van der Waals surface area contributed by atoms with Gasteiger partial charge in [0.05, 0.1) is 19.7 Å². The Morgan fingerprint density at radius 3 is 2.65 bits per heavy atom. The topological polar surface area (TPSA) is 23.4 Å². The molecule has 0 N–H and O–H groups in total. The summed E-state index contributed by atoms with van der Waals surface area (Å²) in [7, 11) is 3.38. The van der Waals surface area contributed by atoms with E-state index in [9.17, 15) is 0 Å². The molecule has 0 atom stereocenters. The van der Waals surface area contributed by atoms with E-state index in [4.69, 9.17) is 9.47 Å². The molecule has 20 heavy (non-hydrogen) atoms. The van der Waals surface area contributed by atoms with E-state index in [0.29, 0.717) is 0 Å². The molecule has 1 aliphatic heterocycles. The predicted octanol–water partition coefficient (Wildman–Crippen LogP) is 3.69. The van der Waals surface area contributed by atoms with Crippen LogP contribution in [-0.2, 0) is 6.54 Å². The van der Waals surface area contributed by atoms with E-state index in [2.05, 4.69) is 41.0 Å². The molecule has 3 aromatic rings. The molecule has 1 aliphatic rings. The van der Waals surface area contributed by atoms with Gasteiger partial charge in [0, 0.05) is 35.3 Å². The minimum atomic E-state index is 0.825. The lowest BCUT2D eigenvalue weighted by Gasteiger charge is -2.08. The average Bonchev–Trinajstić information content (AvgIpc) is 3.02. The van der Waals surface area contributed by atoms with E-state index in [1.807, 2.05) is 6.07 Å². The van der Waals surface area contributed by atoms with Crippen molar-refractivity contribution in [1.29, 1.82) is 0 Å². The maximum absolute atomic E-state index is 5.50. The second-order valence-corrected chi connectivity index (χ2v) is 5.04. The number of methoxy groups -OCH3 is 2. The Morgan fingerprint density at radius 2 is 1.85 bits per heavy atom.